The minimum absolute atomic E-state index is 0.0313. The zero-order chi connectivity index (χ0) is 15.4. The lowest BCUT2D eigenvalue weighted by Gasteiger charge is -2.12. The van der Waals surface area contributed by atoms with Crippen molar-refractivity contribution >= 4 is 34.0 Å². The number of amides is 1. The Morgan fingerprint density at radius 1 is 1.38 bits per heavy atom. The molecule has 1 heterocycles. The molecule has 0 radical (unpaired) electrons. The number of rotatable bonds is 5. The molecule has 0 bridgehead atoms. The summed E-state index contributed by atoms with van der Waals surface area (Å²) in [6, 6.07) is 7.31. The molecule has 0 spiro atoms. The molecule has 2 aromatic rings. The van der Waals surface area contributed by atoms with Gasteiger partial charge in [0.15, 0.2) is 5.01 Å². The second-order valence-electron chi connectivity index (χ2n) is 4.96. The lowest BCUT2D eigenvalue weighted by atomic mass is 10.0. The fraction of sp³-hybridized carbons (Fsp3) is 0.357. The molecule has 5 nitrogen and oxygen atoms in total. The molecule has 1 aromatic heterocycles. The number of carbonyl (C=O) groups excluding carboxylic acids is 1. The minimum Gasteiger partial charge on any atom is -0.392 e. The highest BCUT2D eigenvalue weighted by atomic mass is 35.5. The molecule has 0 aliphatic carbocycles. The number of aromatic nitrogens is 2. The molecule has 2 rings (SSSR count). The summed E-state index contributed by atoms with van der Waals surface area (Å²) in [6.45, 7) is 3.72. The maximum absolute atomic E-state index is 11.8. The molecule has 112 valence electrons. The molecular weight excluding hydrogens is 310 g/mol. The Bertz CT molecular complexity index is 630. The summed E-state index contributed by atoms with van der Waals surface area (Å²) < 4.78 is 0. The molecule has 0 saturated carbocycles. The van der Waals surface area contributed by atoms with Crippen LogP contribution in [0.1, 0.15) is 20.3 Å². The average molecular weight is 326 g/mol. The zero-order valence-electron chi connectivity index (χ0n) is 11.7. The highest BCUT2D eigenvalue weighted by Gasteiger charge is 2.16. The summed E-state index contributed by atoms with van der Waals surface area (Å²) in [7, 11) is 0. The van der Waals surface area contributed by atoms with Crippen LogP contribution in [-0.4, -0.2) is 27.3 Å². The molecule has 0 fully saturated rings. The van der Waals surface area contributed by atoms with Crippen molar-refractivity contribution in [1.82, 2.24) is 10.2 Å². The number of carbonyl (C=O) groups is 1. The maximum Gasteiger partial charge on any atom is 0.228 e. The van der Waals surface area contributed by atoms with E-state index >= 15 is 0 Å². The molecule has 21 heavy (non-hydrogen) atoms. The fourth-order valence-electron chi connectivity index (χ4n) is 1.61. The summed E-state index contributed by atoms with van der Waals surface area (Å²) >= 11 is 7.34. The Hall–Kier alpha value is -1.50. The number of nitrogens with zero attached hydrogens (tertiary/aromatic N) is 2. The van der Waals surface area contributed by atoms with Gasteiger partial charge in [-0.2, -0.15) is 0 Å². The first-order valence-electron chi connectivity index (χ1n) is 6.53. The van der Waals surface area contributed by atoms with E-state index in [9.17, 15) is 9.90 Å². The minimum atomic E-state index is -0.666. The SMILES string of the molecule is CC(C)C(O)CC(=O)Nc1nnc(-c2ccccc2Cl)s1. The van der Waals surface area contributed by atoms with Gasteiger partial charge in [0.1, 0.15) is 0 Å². The van der Waals surface area contributed by atoms with Crippen LogP contribution in [0.3, 0.4) is 0 Å². The van der Waals surface area contributed by atoms with Gasteiger partial charge in [0.2, 0.25) is 11.0 Å². The van der Waals surface area contributed by atoms with Crippen molar-refractivity contribution < 1.29 is 9.90 Å². The molecule has 0 aliphatic rings. The smallest absolute Gasteiger partial charge is 0.228 e. The monoisotopic (exact) mass is 325 g/mol. The molecule has 1 unspecified atom stereocenters. The highest BCUT2D eigenvalue weighted by Crippen LogP contribution is 2.31. The van der Waals surface area contributed by atoms with E-state index in [1.54, 1.807) is 6.07 Å². The summed E-state index contributed by atoms with van der Waals surface area (Å²) in [4.78, 5) is 11.8. The summed E-state index contributed by atoms with van der Waals surface area (Å²) in [5, 5.41) is 21.9. The average Bonchev–Trinajstić information content (AvgIpc) is 2.87. The number of anilines is 1. The van der Waals surface area contributed by atoms with Gasteiger partial charge in [0.25, 0.3) is 0 Å². The first-order valence-corrected chi connectivity index (χ1v) is 7.73. The van der Waals surface area contributed by atoms with Crippen LogP contribution >= 0.6 is 22.9 Å². The van der Waals surface area contributed by atoms with Crippen molar-refractivity contribution in [3.8, 4) is 10.6 Å². The number of nitrogens with one attached hydrogen (secondary N) is 1. The normalized spacial score (nSPS) is 12.4. The number of halogens is 1. The zero-order valence-corrected chi connectivity index (χ0v) is 13.3. The molecule has 0 saturated heterocycles. The van der Waals surface area contributed by atoms with Gasteiger partial charge >= 0.3 is 0 Å². The van der Waals surface area contributed by atoms with Gasteiger partial charge in [-0.25, -0.2) is 0 Å². The molecule has 7 heteroatoms. The first kappa shape index (κ1) is 15.9. The van der Waals surface area contributed by atoms with Gasteiger partial charge in [-0.3, -0.25) is 4.79 Å². The number of aliphatic hydroxyl groups excluding tert-OH is 1. The lowest BCUT2D eigenvalue weighted by molar-refractivity contribution is -0.118. The Kier molecular flexibility index (Phi) is 5.27. The van der Waals surface area contributed by atoms with Gasteiger partial charge in [0.05, 0.1) is 17.5 Å². The molecular formula is C14H16ClN3O2S. The van der Waals surface area contributed by atoms with Crippen LogP contribution < -0.4 is 5.32 Å². The van der Waals surface area contributed by atoms with Gasteiger partial charge in [-0.1, -0.05) is 55.0 Å². The van der Waals surface area contributed by atoms with Crippen LogP contribution in [0.4, 0.5) is 5.13 Å². The highest BCUT2D eigenvalue weighted by molar-refractivity contribution is 7.18. The van der Waals surface area contributed by atoms with Crippen molar-refractivity contribution in [2.45, 2.75) is 26.4 Å². The number of hydrogen-bond acceptors (Lipinski definition) is 5. The van der Waals surface area contributed by atoms with Gasteiger partial charge in [-0.05, 0) is 12.0 Å². The van der Waals surface area contributed by atoms with E-state index in [0.717, 1.165) is 5.56 Å². The first-order chi connectivity index (χ1) is 9.97. The molecule has 1 aromatic carbocycles. The standard InChI is InChI=1S/C14H16ClN3O2S/c1-8(2)11(19)7-12(20)16-14-18-17-13(21-14)9-5-3-4-6-10(9)15/h3-6,8,11,19H,7H2,1-2H3,(H,16,18,20). The molecule has 0 aliphatic heterocycles. The van der Waals surface area contributed by atoms with Crippen LogP contribution in [0, 0.1) is 5.92 Å². The molecule has 1 atom stereocenters. The lowest BCUT2D eigenvalue weighted by Crippen LogP contribution is -2.23. The number of aliphatic hydroxyl groups is 1. The van der Waals surface area contributed by atoms with Crippen molar-refractivity contribution in [2.75, 3.05) is 5.32 Å². The van der Waals surface area contributed by atoms with Crippen LogP contribution in [0.2, 0.25) is 5.02 Å². The van der Waals surface area contributed by atoms with E-state index < -0.39 is 6.10 Å². The van der Waals surface area contributed by atoms with Crippen molar-refractivity contribution in [2.24, 2.45) is 5.92 Å². The van der Waals surface area contributed by atoms with Gasteiger partial charge in [0, 0.05) is 5.56 Å². The second kappa shape index (κ2) is 6.98. The largest absolute Gasteiger partial charge is 0.392 e. The quantitative estimate of drug-likeness (QED) is 0.885. The van der Waals surface area contributed by atoms with E-state index in [1.807, 2.05) is 32.0 Å². The van der Waals surface area contributed by atoms with Crippen LogP contribution in [0.15, 0.2) is 24.3 Å². The van der Waals surface area contributed by atoms with E-state index in [2.05, 4.69) is 15.5 Å². The van der Waals surface area contributed by atoms with Crippen molar-refractivity contribution in [3.05, 3.63) is 29.3 Å². The van der Waals surface area contributed by atoms with E-state index in [0.29, 0.717) is 15.2 Å². The topological polar surface area (TPSA) is 75.1 Å². The third-order valence-corrected chi connectivity index (χ3v) is 4.14. The van der Waals surface area contributed by atoms with E-state index in [1.165, 1.54) is 11.3 Å². The number of hydrogen-bond donors (Lipinski definition) is 2. The predicted molar refractivity (Wildman–Crippen MR) is 84.4 cm³/mol. The Morgan fingerprint density at radius 2 is 2.10 bits per heavy atom. The van der Waals surface area contributed by atoms with E-state index in [-0.39, 0.29) is 18.2 Å². The summed E-state index contributed by atoms with van der Waals surface area (Å²) in [5.74, 6) is -0.248. The fourth-order valence-corrected chi connectivity index (χ4v) is 2.69. The summed E-state index contributed by atoms with van der Waals surface area (Å²) in [6.07, 6.45) is -0.625. The molecule has 1 amide bonds. The molecule has 2 N–H and O–H groups in total. The summed E-state index contributed by atoms with van der Waals surface area (Å²) in [5.41, 5.74) is 0.777. The number of benzene rings is 1. The maximum atomic E-state index is 11.8. The van der Waals surface area contributed by atoms with Crippen LogP contribution in [0.25, 0.3) is 10.6 Å². The second-order valence-corrected chi connectivity index (χ2v) is 6.34. The van der Waals surface area contributed by atoms with E-state index in [4.69, 9.17) is 11.6 Å². The Balaban J connectivity index is 2.04. The Labute approximate surface area is 132 Å². The third-order valence-electron chi connectivity index (χ3n) is 2.94. The van der Waals surface area contributed by atoms with Crippen LogP contribution in [0.5, 0.6) is 0 Å². The van der Waals surface area contributed by atoms with Gasteiger partial charge < -0.3 is 10.4 Å². The van der Waals surface area contributed by atoms with Crippen molar-refractivity contribution in [1.29, 1.82) is 0 Å². The Morgan fingerprint density at radius 3 is 2.76 bits per heavy atom. The van der Waals surface area contributed by atoms with Gasteiger partial charge in [-0.15, -0.1) is 10.2 Å². The predicted octanol–water partition coefficient (Wildman–Crippen LogP) is 3.20. The van der Waals surface area contributed by atoms with Crippen LogP contribution in [-0.2, 0) is 4.79 Å². The van der Waals surface area contributed by atoms with Crippen molar-refractivity contribution in [3.63, 3.8) is 0 Å². The third kappa shape index (κ3) is 4.23.